The molecule has 0 bridgehead atoms. The molecule has 0 atom stereocenters. The molecule has 3 rings (SSSR count). The lowest BCUT2D eigenvalue weighted by Crippen LogP contribution is -2.00. The van der Waals surface area contributed by atoms with Crippen LogP contribution in [-0.4, -0.2) is 15.6 Å². The van der Waals surface area contributed by atoms with Gasteiger partial charge in [-0.1, -0.05) is 30.3 Å². The molecule has 1 heterocycles. The van der Waals surface area contributed by atoms with Crippen molar-refractivity contribution in [3.63, 3.8) is 0 Å². The Hall–Kier alpha value is -3.39. The van der Waals surface area contributed by atoms with Gasteiger partial charge in [-0.15, -0.1) is 0 Å². The maximum Gasteiger partial charge on any atom is 0.335 e. The van der Waals surface area contributed by atoms with Crippen LogP contribution in [0.25, 0.3) is 16.8 Å². The summed E-state index contributed by atoms with van der Waals surface area (Å²) in [6.45, 7) is 0. The molecular formula is C18H11FN2O2. The number of hydrogen-bond acceptors (Lipinski definition) is 2. The third-order valence-corrected chi connectivity index (χ3v) is 3.50. The molecule has 0 radical (unpaired) electrons. The highest BCUT2D eigenvalue weighted by Gasteiger charge is 2.13. The molecule has 2 aromatic carbocycles. The molecule has 3 aromatic rings. The van der Waals surface area contributed by atoms with Gasteiger partial charge >= 0.3 is 5.97 Å². The molecule has 1 N–H and O–H groups in total. The van der Waals surface area contributed by atoms with E-state index in [0.717, 1.165) is 11.6 Å². The molecule has 0 saturated carbocycles. The van der Waals surface area contributed by atoms with Crippen LogP contribution in [0, 0.1) is 17.1 Å². The molecule has 0 aliphatic rings. The Labute approximate surface area is 131 Å². The number of carbonyl (C=O) groups is 1. The summed E-state index contributed by atoms with van der Waals surface area (Å²) in [5.74, 6) is -1.85. The zero-order chi connectivity index (χ0) is 16.4. The minimum Gasteiger partial charge on any atom is -0.478 e. The Kier molecular flexibility index (Phi) is 3.65. The number of nitriles is 1. The number of carboxylic acids is 1. The normalized spacial score (nSPS) is 10.3. The van der Waals surface area contributed by atoms with Gasteiger partial charge in [-0.3, -0.25) is 0 Å². The molecule has 0 aliphatic carbocycles. The van der Waals surface area contributed by atoms with Gasteiger partial charge in [0, 0.05) is 18.0 Å². The first-order valence-corrected chi connectivity index (χ1v) is 6.81. The van der Waals surface area contributed by atoms with Crippen LogP contribution in [-0.2, 0) is 0 Å². The fourth-order valence-corrected chi connectivity index (χ4v) is 2.38. The summed E-state index contributed by atoms with van der Waals surface area (Å²) in [5, 5.41) is 18.2. The van der Waals surface area contributed by atoms with Crippen LogP contribution in [0.4, 0.5) is 4.39 Å². The molecule has 5 heteroatoms. The summed E-state index contributed by atoms with van der Waals surface area (Å²) in [6, 6.07) is 15.1. The lowest BCUT2D eigenvalue weighted by molar-refractivity contribution is 0.0696. The van der Waals surface area contributed by atoms with Gasteiger partial charge in [-0.25, -0.2) is 9.18 Å². The Morgan fingerprint density at radius 1 is 1.13 bits per heavy atom. The second-order valence-corrected chi connectivity index (χ2v) is 4.94. The highest BCUT2D eigenvalue weighted by molar-refractivity contribution is 5.87. The van der Waals surface area contributed by atoms with Crippen molar-refractivity contribution in [1.82, 2.24) is 4.57 Å². The first-order chi connectivity index (χ1) is 11.1. The van der Waals surface area contributed by atoms with E-state index in [-0.39, 0.29) is 11.3 Å². The zero-order valence-electron chi connectivity index (χ0n) is 11.9. The molecule has 0 aliphatic heterocycles. The van der Waals surface area contributed by atoms with Crippen molar-refractivity contribution >= 4 is 5.97 Å². The zero-order valence-corrected chi connectivity index (χ0v) is 11.9. The maximum absolute atomic E-state index is 14.2. The Balaban J connectivity index is 2.11. The fourth-order valence-electron chi connectivity index (χ4n) is 2.38. The number of aromatic nitrogens is 1. The Morgan fingerprint density at radius 3 is 2.48 bits per heavy atom. The average molecular weight is 306 g/mol. The predicted molar refractivity (Wildman–Crippen MR) is 82.8 cm³/mol. The van der Waals surface area contributed by atoms with Crippen molar-refractivity contribution in [2.75, 3.05) is 0 Å². The predicted octanol–water partition coefficient (Wildman–Crippen LogP) is 3.85. The van der Waals surface area contributed by atoms with Crippen LogP contribution < -0.4 is 0 Å². The number of nitrogens with zero attached hydrogens (tertiary/aromatic N) is 2. The summed E-state index contributed by atoms with van der Waals surface area (Å²) in [5.41, 5.74) is 2.02. The second kappa shape index (κ2) is 5.78. The van der Waals surface area contributed by atoms with E-state index >= 15 is 0 Å². The van der Waals surface area contributed by atoms with Crippen LogP contribution >= 0.6 is 0 Å². The van der Waals surface area contributed by atoms with Crippen molar-refractivity contribution in [3.05, 3.63) is 77.9 Å². The van der Waals surface area contributed by atoms with Crippen molar-refractivity contribution in [3.8, 4) is 22.9 Å². The van der Waals surface area contributed by atoms with E-state index in [1.54, 1.807) is 6.20 Å². The van der Waals surface area contributed by atoms with Crippen LogP contribution in [0.15, 0.2) is 60.9 Å². The van der Waals surface area contributed by atoms with Gasteiger partial charge < -0.3 is 9.67 Å². The van der Waals surface area contributed by atoms with Gasteiger partial charge in [-0.05, 0) is 23.8 Å². The van der Waals surface area contributed by atoms with Crippen LogP contribution in [0.3, 0.4) is 0 Å². The number of aromatic carboxylic acids is 1. The van der Waals surface area contributed by atoms with Crippen LogP contribution in [0.5, 0.6) is 0 Å². The molecule has 4 nitrogen and oxygen atoms in total. The topological polar surface area (TPSA) is 66.0 Å². The summed E-state index contributed by atoms with van der Waals surface area (Å²) < 4.78 is 15.7. The quantitative estimate of drug-likeness (QED) is 0.799. The van der Waals surface area contributed by atoms with E-state index in [2.05, 4.69) is 6.07 Å². The van der Waals surface area contributed by atoms with Crippen LogP contribution in [0.1, 0.15) is 15.9 Å². The van der Waals surface area contributed by atoms with E-state index in [4.69, 9.17) is 5.11 Å². The highest BCUT2D eigenvalue weighted by atomic mass is 19.1. The SMILES string of the molecule is N#Cc1cn(-c2ccc(C(=O)O)cc2F)cc1-c1ccccc1. The molecular weight excluding hydrogens is 295 g/mol. The lowest BCUT2D eigenvalue weighted by Gasteiger charge is -2.05. The van der Waals surface area contributed by atoms with Gasteiger partial charge in [0.15, 0.2) is 0 Å². The van der Waals surface area contributed by atoms with Gasteiger partial charge in [0.25, 0.3) is 0 Å². The first kappa shape index (κ1) is 14.5. The van der Waals surface area contributed by atoms with Crippen molar-refractivity contribution < 1.29 is 14.3 Å². The number of halogens is 1. The number of rotatable bonds is 3. The molecule has 112 valence electrons. The standard InChI is InChI=1S/C18H11FN2O2/c19-16-8-13(18(22)23)6-7-17(16)21-10-14(9-20)15(11-21)12-4-2-1-3-5-12/h1-8,10-11H,(H,22,23). The molecule has 1 aromatic heterocycles. The average Bonchev–Trinajstić information content (AvgIpc) is 2.99. The second-order valence-electron chi connectivity index (χ2n) is 4.94. The molecule has 0 fully saturated rings. The molecule has 0 unspecified atom stereocenters. The Bertz CT molecular complexity index is 924. The van der Waals surface area contributed by atoms with E-state index < -0.39 is 11.8 Å². The number of carboxylic acid groups (broad SMARTS) is 1. The summed E-state index contributed by atoms with van der Waals surface area (Å²) >= 11 is 0. The minimum atomic E-state index is -1.19. The molecule has 0 spiro atoms. The van der Waals surface area contributed by atoms with E-state index in [1.165, 1.54) is 22.9 Å². The van der Waals surface area contributed by atoms with Crippen LogP contribution in [0.2, 0.25) is 0 Å². The maximum atomic E-state index is 14.2. The van der Waals surface area contributed by atoms with E-state index in [1.807, 2.05) is 30.3 Å². The molecule has 23 heavy (non-hydrogen) atoms. The van der Waals surface area contributed by atoms with Gasteiger partial charge in [0.1, 0.15) is 11.9 Å². The fraction of sp³-hybridized carbons (Fsp3) is 0. The Morgan fingerprint density at radius 2 is 1.87 bits per heavy atom. The van der Waals surface area contributed by atoms with Gasteiger partial charge in [0.05, 0.1) is 16.8 Å². The highest BCUT2D eigenvalue weighted by Crippen LogP contribution is 2.27. The van der Waals surface area contributed by atoms with E-state index in [0.29, 0.717) is 11.1 Å². The number of hydrogen-bond donors (Lipinski definition) is 1. The first-order valence-electron chi connectivity index (χ1n) is 6.81. The molecule has 0 amide bonds. The number of benzene rings is 2. The van der Waals surface area contributed by atoms with Gasteiger partial charge in [0.2, 0.25) is 0 Å². The lowest BCUT2D eigenvalue weighted by atomic mass is 10.1. The smallest absolute Gasteiger partial charge is 0.335 e. The molecule has 0 saturated heterocycles. The summed E-state index contributed by atoms with van der Waals surface area (Å²) in [6.07, 6.45) is 3.19. The monoisotopic (exact) mass is 306 g/mol. The third kappa shape index (κ3) is 2.70. The largest absolute Gasteiger partial charge is 0.478 e. The third-order valence-electron chi connectivity index (χ3n) is 3.50. The van der Waals surface area contributed by atoms with Crippen molar-refractivity contribution in [2.24, 2.45) is 0 Å². The van der Waals surface area contributed by atoms with E-state index in [9.17, 15) is 14.4 Å². The van der Waals surface area contributed by atoms with Crippen molar-refractivity contribution in [2.45, 2.75) is 0 Å². The van der Waals surface area contributed by atoms with Crippen molar-refractivity contribution in [1.29, 1.82) is 5.26 Å². The summed E-state index contributed by atoms with van der Waals surface area (Å²) in [7, 11) is 0. The summed E-state index contributed by atoms with van der Waals surface area (Å²) in [4.78, 5) is 10.9. The van der Waals surface area contributed by atoms with Gasteiger partial charge in [-0.2, -0.15) is 5.26 Å². The minimum absolute atomic E-state index is 0.123.